The van der Waals surface area contributed by atoms with Crippen molar-refractivity contribution < 1.29 is 4.74 Å². The summed E-state index contributed by atoms with van der Waals surface area (Å²) in [5.74, 6) is 1.54. The molecule has 0 spiro atoms. The Bertz CT molecular complexity index is 350. The van der Waals surface area contributed by atoms with E-state index in [-0.39, 0.29) is 0 Å². The molecule has 1 N–H and O–H groups in total. The molecule has 2 rings (SSSR count). The normalized spacial score (nSPS) is 16.8. The number of pyridine rings is 1. The Balaban J connectivity index is 1.89. The molecule has 0 bridgehead atoms. The monoisotopic (exact) mass is 234 g/mol. The van der Waals surface area contributed by atoms with Gasteiger partial charge in [0.05, 0.1) is 6.61 Å². The molecule has 0 aromatic carbocycles. The topological polar surface area (TPSA) is 34.2 Å². The molecule has 1 aliphatic carbocycles. The van der Waals surface area contributed by atoms with Crippen molar-refractivity contribution >= 4 is 0 Å². The van der Waals surface area contributed by atoms with E-state index in [2.05, 4.69) is 36.3 Å². The maximum absolute atomic E-state index is 5.69. The minimum Gasteiger partial charge on any atom is -0.477 e. The van der Waals surface area contributed by atoms with Crippen molar-refractivity contribution in [2.75, 3.05) is 13.2 Å². The summed E-state index contributed by atoms with van der Waals surface area (Å²) in [7, 11) is 0. The standard InChI is InChI=1S/C14H22N2O/c1-3-7-15-11(2)13-6-8-16-14(9-13)17-10-12-4-5-12/h6,8-9,11-12,15H,3-5,7,10H2,1-2H3. The van der Waals surface area contributed by atoms with Gasteiger partial charge >= 0.3 is 0 Å². The molecule has 1 saturated carbocycles. The van der Waals surface area contributed by atoms with Crippen molar-refractivity contribution in [1.82, 2.24) is 10.3 Å². The third-order valence-corrected chi connectivity index (χ3v) is 3.12. The van der Waals surface area contributed by atoms with Crippen LogP contribution in [-0.4, -0.2) is 18.1 Å². The molecule has 0 radical (unpaired) electrons. The van der Waals surface area contributed by atoms with Gasteiger partial charge in [-0.3, -0.25) is 0 Å². The lowest BCUT2D eigenvalue weighted by Gasteiger charge is -2.14. The fourth-order valence-electron chi connectivity index (χ4n) is 1.74. The van der Waals surface area contributed by atoms with Gasteiger partial charge in [0.15, 0.2) is 0 Å². The summed E-state index contributed by atoms with van der Waals surface area (Å²) in [6, 6.07) is 4.47. The summed E-state index contributed by atoms with van der Waals surface area (Å²) in [4.78, 5) is 4.25. The third kappa shape index (κ3) is 4.00. The van der Waals surface area contributed by atoms with Crippen molar-refractivity contribution in [3.63, 3.8) is 0 Å². The molecule has 0 aliphatic heterocycles. The highest BCUT2D eigenvalue weighted by molar-refractivity contribution is 5.23. The van der Waals surface area contributed by atoms with Gasteiger partial charge < -0.3 is 10.1 Å². The summed E-state index contributed by atoms with van der Waals surface area (Å²) in [5.41, 5.74) is 1.25. The molecule has 17 heavy (non-hydrogen) atoms. The van der Waals surface area contributed by atoms with Crippen LogP contribution in [0.1, 0.15) is 44.7 Å². The Morgan fingerprint density at radius 1 is 1.53 bits per heavy atom. The molecule has 1 unspecified atom stereocenters. The van der Waals surface area contributed by atoms with Crippen LogP contribution in [0.5, 0.6) is 5.88 Å². The van der Waals surface area contributed by atoms with Crippen LogP contribution in [0.4, 0.5) is 0 Å². The molecule has 1 aromatic heterocycles. The lowest BCUT2D eigenvalue weighted by molar-refractivity contribution is 0.288. The van der Waals surface area contributed by atoms with E-state index in [9.17, 15) is 0 Å². The zero-order valence-electron chi connectivity index (χ0n) is 10.8. The van der Waals surface area contributed by atoms with E-state index < -0.39 is 0 Å². The lowest BCUT2D eigenvalue weighted by Crippen LogP contribution is -2.19. The van der Waals surface area contributed by atoms with E-state index in [1.807, 2.05) is 6.20 Å². The molecule has 1 heterocycles. The first-order chi connectivity index (χ1) is 8.29. The predicted molar refractivity (Wildman–Crippen MR) is 69.2 cm³/mol. The molecule has 3 heteroatoms. The zero-order valence-corrected chi connectivity index (χ0v) is 10.8. The first-order valence-corrected chi connectivity index (χ1v) is 6.61. The SMILES string of the molecule is CCCNC(C)c1ccnc(OCC2CC2)c1. The van der Waals surface area contributed by atoms with E-state index in [0.717, 1.165) is 31.4 Å². The Morgan fingerprint density at radius 2 is 2.35 bits per heavy atom. The minimum atomic E-state index is 0.362. The fraction of sp³-hybridized carbons (Fsp3) is 0.643. The van der Waals surface area contributed by atoms with Crippen LogP contribution in [0.2, 0.25) is 0 Å². The maximum Gasteiger partial charge on any atom is 0.213 e. The van der Waals surface area contributed by atoms with Gasteiger partial charge in [0.25, 0.3) is 0 Å². The van der Waals surface area contributed by atoms with Crippen molar-refractivity contribution in [2.45, 2.75) is 39.2 Å². The fourth-order valence-corrected chi connectivity index (χ4v) is 1.74. The van der Waals surface area contributed by atoms with Gasteiger partial charge in [-0.2, -0.15) is 0 Å². The van der Waals surface area contributed by atoms with Crippen molar-refractivity contribution in [3.05, 3.63) is 23.9 Å². The second-order valence-electron chi connectivity index (χ2n) is 4.86. The molecular formula is C14H22N2O. The van der Waals surface area contributed by atoms with E-state index in [4.69, 9.17) is 4.74 Å². The molecule has 3 nitrogen and oxygen atoms in total. The van der Waals surface area contributed by atoms with Gasteiger partial charge in [0.1, 0.15) is 0 Å². The Labute approximate surface area is 104 Å². The van der Waals surface area contributed by atoms with Crippen molar-refractivity contribution in [1.29, 1.82) is 0 Å². The molecule has 94 valence electrons. The number of aromatic nitrogens is 1. The largest absolute Gasteiger partial charge is 0.477 e. The molecule has 1 aliphatic rings. The number of hydrogen-bond donors (Lipinski definition) is 1. The Kier molecular flexibility index (Phi) is 4.37. The minimum absolute atomic E-state index is 0.362. The summed E-state index contributed by atoms with van der Waals surface area (Å²) >= 11 is 0. The van der Waals surface area contributed by atoms with Crippen molar-refractivity contribution in [3.8, 4) is 5.88 Å². The van der Waals surface area contributed by atoms with Crippen LogP contribution < -0.4 is 10.1 Å². The van der Waals surface area contributed by atoms with E-state index in [1.165, 1.54) is 18.4 Å². The van der Waals surface area contributed by atoms with Crippen LogP contribution >= 0.6 is 0 Å². The summed E-state index contributed by atoms with van der Waals surface area (Å²) in [6.45, 7) is 6.22. The average Bonchev–Trinajstić information content (AvgIpc) is 3.18. The smallest absolute Gasteiger partial charge is 0.213 e. The van der Waals surface area contributed by atoms with Gasteiger partial charge in [0, 0.05) is 18.3 Å². The quantitative estimate of drug-likeness (QED) is 0.787. The highest BCUT2D eigenvalue weighted by Crippen LogP contribution is 2.29. The Hall–Kier alpha value is -1.09. The summed E-state index contributed by atoms with van der Waals surface area (Å²) in [5, 5.41) is 3.47. The van der Waals surface area contributed by atoms with Crippen LogP contribution in [0, 0.1) is 5.92 Å². The van der Waals surface area contributed by atoms with Crippen LogP contribution in [0.25, 0.3) is 0 Å². The van der Waals surface area contributed by atoms with E-state index in [1.54, 1.807) is 0 Å². The lowest BCUT2D eigenvalue weighted by atomic mass is 10.1. The van der Waals surface area contributed by atoms with Crippen molar-refractivity contribution in [2.24, 2.45) is 5.92 Å². The molecular weight excluding hydrogens is 212 g/mol. The van der Waals surface area contributed by atoms with Crippen LogP contribution in [-0.2, 0) is 0 Å². The summed E-state index contributed by atoms with van der Waals surface area (Å²) in [6.07, 6.45) is 5.62. The van der Waals surface area contributed by atoms with Gasteiger partial charge in [-0.25, -0.2) is 4.98 Å². The number of rotatable bonds is 7. The van der Waals surface area contributed by atoms with Gasteiger partial charge in [-0.1, -0.05) is 6.92 Å². The second-order valence-corrected chi connectivity index (χ2v) is 4.86. The Morgan fingerprint density at radius 3 is 3.06 bits per heavy atom. The zero-order chi connectivity index (χ0) is 12.1. The number of hydrogen-bond acceptors (Lipinski definition) is 3. The summed E-state index contributed by atoms with van der Waals surface area (Å²) < 4.78 is 5.69. The molecule has 1 aromatic rings. The second kappa shape index (κ2) is 6.01. The van der Waals surface area contributed by atoms with E-state index in [0.29, 0.717) is 6.04 Å². The molecule has 1 atom stereocenters. The molecule has 1 fully saturated rings. The molecule has 0 saturated heterocycles. The number of ether oxygens (including phenoxy) is 1. The number of nitrogens with zero attached hydrogens (tertiary/aromatic N) is 1. The van der Waals surface area contributed by atoms with Crippen LogP contribution in [0.15, 0.2) is 18.3 Å². The number of nitrogens with one attached hydrogen (secondary N) is 1. The highest BCUT2D eigenvalue weighted by Gasteiger charge is 2.22. The first-order valence-electron chi connectivity index (χ1n) is 6.61. The van der Waals surface area contributed by atoms with Gasteiger partial charge in [-0.05, 0) is 50.3 Å². The van der Waals surface area contributed by atoms with Gasteiger partial charge in [-0.15, -0.1) is 0 Å². The first kappa shape index (κ1) is 12.4. The molecule has 0 amide bonds. The average molecular weight is 234 g/mol. The van der Waals surface area contributed by atoms with Gasteiger partial charge in [0.2, 0.25) is 5.88 Å². The third-order valence-electron chi connectivity index (χ3n) is 3.12. The highest BCUT2D eigenvalue weighted by atomic mass is 16.5. The van der Waals surface area contributed by atoms with Crippen LogP contribution in [0.3, 0.4) is 0 Å². The predicted octanol–water partition coefficient (Wildman–Crippen LogP) is 2.93. The maximum atomic E-state index is 5.69. The van der Waals surface area contributed by atoms with E-state index >= 15 is 0 Å².